The molecule has 2 aliphatic rings. The minimum atomic E-state index is -0.973. The van der Waals surface area contributed by atoms with Gasteiger partial charge in [0.15, 0.2) is 0 Å². The number of benzene rings is 1. The maximum atomic E-state index is 13.0. The van der Waals surface area contributed by atoms with Crippen LogP contribution >= 0.6 is 0 Å². The predicted octanol–water partition coefficient (Wildman–Crippen LogP) is 0.657. The highest BCUT2D eigenvalue weighted by molar-refractivity contribution is 5.78. The van der Waals surface area contributed by atoms with Crippen molar-refractivity contribution in [3.05, 3.63) is 47.3 Å². The number of likely N-dealkylation sites (tertiary alicyclic amines) is 1. The summed E-state index contributed by atoms with van der Waals surface area (Å²) < 4.78 is 4.73. The number of carbonyl (C=O) groups excluding carboxylic acids is 1. The Bertz CT molecular complexity index is 834. The van der Waals surface area contributed by atoms with E-state index in [1.807, 2.05) is 35.2 Å². The summed E-state index contributed by atoms with van der Waals surface area (Å²) in [6.45, 7) is 6.47. The second kappa shape index (κ2) is 8.22. The van der Waals surface area contributed by atoms with Crippen LogP contribution in [-0.2, 0) is 16.8 Å². The van der Waals surface area contributed by atoms with E-state index in [2.05, 4.69) is 27.2 Å². The Morgan fingerprint density at radius 1 is 1.17 bits per heavy atom. The van der Waals surface area contributed by atoms with Crippen molar-refractivity contribution in [3.63, 3.8) is 0 Å². The van der Waals surface area contributed by atoms with Gasteiger partial charge in [-0.3, -0.25) is 9.69 Å². The predicted molar refractivity (Wildman–Crippen MR) is 107 cm³/mol. The van der Waals surface area contributed by atoms with Crippen LogP contribution in [0.25, 0.3) is 0 Å². The number of carbonyl (C=O) groups is 1. The molecule has 0 saturated carbocycles. The number of aromatic nitrogens is 2. The molecule has 0 bridgehead atoms. The first-order valence-corrected chi connectivity index (χ1v) is 10.2. The first-order chi connectivity index (χ1) is 14.0. The lowest BCUT2D eigenvalue weighted by molar-refractivity contribution is -0.144. The van der Waals surface area contributed by atoms with Crippen molar-refractivity contribution in [2.24, 2.45) is 0 Å². The topological polar surface area (TPSA) is 85.9 Å². The molecule has 0 radical (unpaired) electrons. The van der Waals surface area contributed by atoms with Crippen LogP contribution in [0.3, 0.4) is 0 Å². The summed E-state index contributed by atoms with van der Waals surface area (Å²) in [5.74, 6) is -0.00182. The SMILES string of the molecule is Cc1nonc1CC(=O)N1CC[C@](O)(c2ccccc2)[C@H](N2CCN(C)CC2)C1. The van der Waals surface area contributed by atoms with Crippen molar-refractivity contribution in [2.75, 3.05) is 46.3 Å². The number of rotatable bonds is 4. The van der Waals surface area contributed by atoms with Gasteiger partial charge in [-0.1, -0.05) is 40.6 Å². The average Bonchev–Trinajstić information content (AvgIpc) is 3.14. The number of piperidine rings is 1. The molecule has 2 aliphatic heterocycles. The zero-order chi connectivity index (χ0) is 20.4. The highest BCUT2D eigenvalue weighted by Crippen LogP contribution is 2.36. The standard InChI is InChI=1S/C21H29N5O3/c1-16-18(23-29-22-16)14-20(27)26-9-8-21(28,17-6-4-3-5-7-17)19(15-26)25-12-10-24(2)11-13-25/h3-7,19,28H,8-15H2,1-2H3/t19-,21+/m1/s1. The van der Waals surface area contributed by atoms with E-state index in [1.165, 1.54) is 0 Å². The molecule has 0 aliphatic carbocycles. The molecule has 2 saturated heterocycles. The molecule has 1 N–H and O–H groups in total. The largest absolute Gasteiger partial charge is 0.383 e. The molecule has 156 valence electrons. The molecule has 3 heterocycles. The van der Waals surface area contributed by atoms with Crippen molar-refractivity contribution in [1.82, 2.24) is 25.0 Å². The smallest absolute Gasteiger partial charge is 0.228 e. The van der Waals surface area contributed by atoms with Gasteiger partial charge in [-0.05, 0) is 26.0 Å². The van der Waals surface area contributed by atoms with Crippen molar-refractivity contribution in [3.8, 4) is 0 Å². The quantitative estimate of drug-likeness (QED) is 0.808. The number of amides is 1. The lowest BCUT2D eigenvalue weighted by Crippen LogP contribution is -2.64. The summed E-state index contributed by atoms with van der Waals surface area (Å²) in [5.41, 5.74) is 1.17. The Morgan fingerprint density at radius 3 is 2.55 bits per heavy atom. The van der Waals surface area contributed by atoms with Gasteiger partial charge in [0.05, 0.1) is 12.5 Å². The molecule has 8 heteroatoms. The number of piperazine rings is 1. The number of hydrogen-bond donors (Lipinski definition) is 1. The van der Waals surface area contributed by atoms with Crippen molar-refractivity contribution >= 4 is 5.91 Å². The van der Waals surface area contributed by atoms with Crippen LogP contribution in [0, 0.1) is 6.92 Å². The van der Waals surface area contributed by atoms with Crippen LogP contribution in [0.2, 0.25) is 0 Å². The lowest BCUT2D eigenvalue weighted by atomic mass is 9.79. The molecule has 4 rings (SSSR count). The Hall–Kier alpha value is -2.29. The second-order valence-electron chi connectivity index (χ2n) is 8.21. The fourth-order valence-corrected chi connectivity index (χ4v) is 4.43. The van der Waals surface area contributed by atoms with E-state index in [1.54, 1.807) is 6.92 Å². The number of hydrogen-bond acceptors (Lipinski definition) is 7. The minimum Gasteiger partial charge on any atom is -0.383 e. The zero-order valence-electron chi connectivity index (χ0n) is 17.1. The molecule has 2 atom stereocenters. The van der Waals surface area contributed by atoms with Gasteiger partial charge in [-0.15, -0.1) is 0 Å². The Kier molecular flexibility index (Phi) is 5.67. The van der Waals surface area contributed by atoms with Crippen molar-refractivity contribution < 1.29 is 14.5 Å². The Balaban J connectivity index is 1.56. The van der Waals surface area contributed by atoms with Gasteiger partial charge in [-0.25, -0.2) is 4.63 Å². The molecule has 0 unspecified atom stereocenters. The van der Waals surface area contributed by atoms with Gasteiger partial charge >= 0.3 is 0 Å². The molecule has 0 spiro atoms. The number of aliphatic hydroxyl groups is 1. The molecule has 8 nitrogen and oxygen atoms in total. The average molecular weight is 399 g/mol. The summed E-state index contributed by atoms with van der Waals surface area (Å²) in [6.07, 6.45) is 0.685. The summed E-state index contributed by atoms with van der Waals surface area (Å²) in [5, 5.41) is 19.4. The number of nitrogens with zero attached hydrogens (tertiary/aromatic N) is 5. The van der Waals surface area contributed by atoms with E-state index in [-0.39, 0.29) is 18.4 Å². The van der Waals surface area contributed by atoms with Crippen LogP contribution in [0.1, 0.15) is 23.4 Å². The third-order valence-corrected chi connectivity index (χ3v) is 6.38. The summed E-state index contributed by atoms with van der Waals surface area (Å²) >= 11 is 0. The van der Waals surface area contributed by atoms with Crippen LogP contribution in [0.15, 0.2) is 35.0 Å². The molecule has 29 heavy (non-hydrogen) atoms. The molecule has 1 aromatic heterocycles. The minimum absolute atomic E-state index is 0.00182. The van der Waals surface area contributed by atoms with Crippen LogP contribution in [0.5, 0.6) is 0 Å². The van der Waals surface area contributed by atoms with Gasteiger partial charge in [0.25, 0.3) is 0 Å². The van der Waals surface area contributed by atoms with Crippen molar-refractivity contribution in [1.29, 1.82) is 0 Å². The first kappa shape index (κ1) is 20.0. The van der Waals surface area contributed by atoms with Crippen LogP contribution in [-0.4, -0.2) is 88.4 Å². The highest BCUT2D eigenvalue weighted by atomic mass is 16.6. The Morgan fingerprint density at radius 2 is 1.90 bits per heavy atom. The Labute approximate surface area is 171 Å². The first-order valence-electron chi connectivity index (χ1n) is 10.2. The molecular weight excluding hydrogens is 370 g/mol. The summed E-state index contributed by atoms with van der Waals surface area (Å²) in [7, 11) is 2.12. The third-order valence-electron chi connectivity index (χ3n) is 6.38. The lowest BCUT2D eigenvalue weighted by Gasteiger charge is -2.51. The van der Waals surface area contributed by atoms with E-state index in [9.17, 15) is 9.90 Å². The fourth-order valence-electron chi connectivity index (χ4n) is 4.43. The van der Waals surface area contributed by atoms with Gasteiger partial charge in [-0.2, -0.15) is 0 Å². The van der Waals surface area contributed by atoms with Gasteiger partial charge in [0, 0.05) is 39.3 Å². The fraction of sp³-hybridized carbons (Fsp3) is 0.571. The van der Waals surface area contributed by atoms with Crippen molar-refractivity contribution in [2.45, 2.75) is 31.4 Å². The summed E-state index contributed by atoms with van der Waals surface area (Å²) in [4.78, 5) is 19.4. The van der Waals surface area contributed by atoms with E-state index in [0.717, 1.165) is 31.7 Å². The van der Waals surface area contributed by atoms with E-state index in [0.29, 0.717) is 30.9 Å². The maximum absolute atomic E-state index is 13.0. The highest BCUT2D eigenvalue weighted by Gasteiger charge is 2.47. The molecular formula is C21H29N5O3. The third kappa shape index (κ3) is 4.05. The number of likely N-dealkylation sites (N-methyl/N-ethyl adjacent to an activating group) is 1. The number of aryl methyl sites for hydroxylation is 1. The van der Waals surface area contributed by atoms with E-state index >= 15 is 0 Å². The van der Waals surface area contributed by atoms with Gasteiger partial charge < -0.3 is 14.9 Å². The molecule has 1 amide bonds. The normalized spacial score (nSPS) is 26.6. The van der Waals surface area contributed by atoms with Gasteiger partial charge in [0.2, 0.25) is 5.91 Å². The summed E-state index contributed by atoms with van der Waals surface area (Å²) in [6, 6.07) is 9.73. The molecule has 2 aromatic rings. The van der Waals surface area contributed by atoms with E-state index in [4.69, 9.17) is 4.63 Å². The molecule has 2 fully saturated rings. The monoisotopic (exact) mass is 399 g/mol. The maximum Gasteiger partial charge on any atom is 0.228 e. The van der Waals surface area contributed by atoms with Gasteiger partial charge in [0.1, 0.15) is 17.0 Å². The second-order valence-corrected chi connectivity index (χ2v) is 8.21. The van der Waals surface area contributed by atoms with Crippen LogP contribution in [0.4, 0.5) is 0 Å². The zero-order valence-corrected chi connectivity index (χ0v) is 17.1. The molecule has 1 aromatic carbocycles. The van der Waals surface area contributed by atoms with E-state index < -0.39 is 5.60 Å². The van der Waals surface area contributed by atoms with Crippen LogP contribution < -0.4 is 0 Å².